The predicted molar refractivity (Wildman–Crippen MR) is 55.7 cm³/mol. The minimum atomic E-state index is -2.99. The fourth-order valence-electron chi connectivity index (χ4n) is 1.18. The second kappa shape index (κ2) is 4.78. The van der Waals surface area contributed by atoms with Gasteiger partial charge in [0.05, 0.1) is 0 Å². The third kappa shape index (κ3) is 3.98. The molecule has 0 amide bonds. The van der Waals surface area contributed by atoms with Crippen LogP contribution in [0.4, 0.5) is 0 Å². The van der Waals surface area contributed by atoms with Crippen molar-refractivity contribution >= 4 is 14.3 Å². The van der Waals surface area contributed by atoms with Crippen molar-refractivity contribution in [1.82, 2.24) is 0 Å². The zero-order valence-corrected chi connectivity index (χ0v) is 11.9. The van der Waals surface area contributed by atoms with Gasteiger partial charge in [-0.2, -0.15) is 0 Å². The Labute approximate surface area is 85.1 Å². The average Bonchev–Trinajstić information content (AvgIpc) is 1.98. The summed E-state index contributed by atoms with van der Waals surface area (Å²) in [6, 6.07) is 0. The molecule has 0 saturated heterocycles. The van der Waals surface area contributed by atoms with Crippen LogP contribution in [0.5, 0.6) is 0 Å². The molecule has 0 aromatic rings. The van der Waals surface area contributed by atoms with Gasteiger partial charge in [0.1, 0.15) is 0 Å². The molecule has 13 heavy (non-hydrogen) atoms. The van der Waals surface area contributed by atoms with Crippen LogP contribution >= 0.6 is 0 Å². The molecule has 0 radical (unpaired) electrons. The Bertz CT molecular complexity index is 147. The van der Waals surface area contributed by atoms with Crippen LogP contribution < -0.4 is 0 Å². The van der Waals surface area contributed by atoms with Gasteiger partial charge >= 0.3 is 84.8 Å². The van der Waals surface area contributed by atoms with Crippen molar-refractivity contribution < 1.29 is 11.3 Å². The quantitative estimate of drug-likeness (QED) is 0.718. The molecule has 0 aromatic heterocycles. The first kappa shape index (κ1) is 13.4. The molecular formula is C9H22GeO3. The van der Waals surface area contributed by atoms with Crippen LogP contribution in [0.1, 0.15) is 34.6 Å². The second-order valence-electron chi connectivity index (χ2n) is 4.38. The molecular weight excluding hydrogens is 229 g/mol. The Morgan fingerprint density at radius 1 is 1.00 bits per heavy atom. The summed E-state index contributed by atoms with van der Waals surface area (Å²) >= 11 is -2.99. The minimum absolute atomic E-state index is 0.198. The molecule has 0 unspecified atom stereocenters. The van der Waals surface area contributed by atoms with Gasteiger partial charge in [0.15, 0.2) is 0 Å². The number of hydrogen-bond donors (Lipinski definition) is 0. The first-order chi connectivity index (χ1) is 5.77. The first-order valence-electron chi connectivity index (χ1n) is 4.58. The fraction of sp³-hybridized carbons (Fsp3) is 1.00. The summed E-state index contributed by atoms with van der Waals surface area (Å²) in [5.41, 5.74) is -0.198. The molecule has 0 aromatic carbocycles. The molecule has 0 N–H and O–H groups in total. The zero-order valence-electron chi connectivity index (χ0n) is 9.80. The van der Waals surface area contributed by atoms with E-state index in [0.717, 1.165) is 0 Å². The van der Waals surface area contributed by atoms with Gasteiger partial charge in [-0.3, -0.25) is 0 Å². The summed E-state index contributed by atoms with van der Waals surface area (Å²) in [5, 5.41) is 0. The zero-order chi connectivity index (χ0) is 10.7. The third-order valence-corrected chi connectivity index (χ3v) is 8.96. The molecule has 0 saturated carbocycles. The molecule has 0 fully saturated rings. The van der Waals surface area contributed by atoms with Crippen molar-refractivity contribution in [3.8, 4) is 0 Å². The van der Waals surface area contributed by atoms with Gasteiger partial charge in [-0.1, -0.05) is 0 Å². The molecule has 80 valence electrons. The normalized spacial score (nSPS) is 13.8. The van der Waals surface area contributed by atoms with E-state index in [-0.39, 0.29) is 5.60 Å². The van der Waals surface area contributed by atoms with E-state index in [1.54, 1.807) is 14.2 Å². The van der Waals surface area contributed by atoms with E-state index in [9.17, 15) is 0 Å². The van der Waals surface area contributed by atoms with E-state index >= 15 is 0 Å². The molecule has 0 spiro atoms. The van der Waals surface area contributed by atoms with Crippen molar-refractivity contribution in [2.75, 3.05) is 14.2 Å². The van der Waals surface area contributed by atoms with Crippen LogP contribution in [0.15, 0.2) is 0 Å². The number of hydrogen-bond acceptors (Lipinski definition) is 3. The van der Waals surface area contributed by atoms with Crippen LogP contribution in [0, 0.1) is 0 Å². The maximum atomic E-state index is 5.93. The molecule has 0 aliphatic rings. The van der Waals surface area contributed by atoms with Crippen LogP contribution in [0.3, 0.4) is 0 Å². The molecule has 0 atom stereocenters. The van der Waals surface area contributed by atoms with Crippen molar-refractivity contribution in [2.24, 2.45) is 0 Å². The van der Waals surface area contributed by atoms with Crippen molar-refractivity contribution in [2.45, 2.75) is 45.0 Å². The Hall–Kier alpha value is 0.423. The van der Waals surface area contributed by atoms with Crippen molar-refractivity contribution in [3.05, 3.63) is 0 Å². The topological polar surface area (TPSA) is 27.7 Å². The van der Waals surface area contributed by atoms with Gasteiger partial charge in [0, 0.05) is 0 Å². The van der Waals surface area contributed by atoms with E-state index in [2.05, 4.69) is 13.8 Å². The molecule has 0 heterocycles. The molecule has 3 nitrogen and oxygen atoms in total. The van der Waals surface area contributed by atoms with Crippen LogP contribution in [-0.2, 0) is 11.3 Å². The van der Waals surface area contributed by atoms with E-state index < -0.39 is 14.3 Å². The van der Waals surface area contributed by atoms with Crippen LogP contribution in [0.25, 0.3) is 0 Å². The van der Waals surface area contributed by atoms with Gasteiger partial charge in [0.25, 0.3) is 0 Å². The monoisotopic (exact) mass is 252 g/mol. The number of rotatable bonds is 4. The standard InChI is InChI=1S/C9H22GeO3/c1-8(2)10(11-6,12-7)13-9(3,4)5/h8H,1-7H3. The molecule has 0 aliphatic heterocycles. The predicted octanol–water partition coefficient (Wildman–Crippen LogP) is 2.44. The average molecular weight is 251 g/mol. The summed E-state index contributed by atoms with van der Waals surface area (Å²) in [6.45, 7) is 10.2. The van der Waals surface area contributed by atoms with E-state index in [1.165, 1.54) is 0 Å². The van der Waals surface area contributed by atoms with Gasteiger partial charge in [-0.15, -0.1) is 0 Å². The summed E-state index contributed by atoms with van der Waals surface area (Å²) in [4.78, 5) is 0. The van der Waals surface area contributed by atoms with Gasteiger partial charge in [-0.05, 0) is 0 Å². The summed E-state index contributed by atoms with van der Waals surface area (Å²) < 4.78 is 17.2. The van der Waals surface area contributed by atoms with Crippen molar-refractivity contribution in [1.29, 1.82) is 0 Å². The Morgan fingerprint density at radius 3 is 1.46 bits per heavy atom. The van der Waals surface area contributed by atoms with Crippen LogP contribution in [-0.4, -0.2) is 34.1 Å². The SMILES string of the molecule is C[O][Ge]([O]C)([O]C(C)(C)C)[CH](C)C. The fourth-order valence-corrected chi connectivity index (χ4v) is 6.15. The summed E-state index contributed by atoms with van der Waals surface area (Å²) in [5.74, 6) is 0. The van der Waals surface area contributed by atoms with E-state index in [1.807, 2.05) is 20.8 Å². The van der Waals surface area contributed by atoms with Gasteiger partial charge < -0.3 is 0 Å². The van der Waals surface area contributed by atoms with E-state index in [4.69, 9.17) is 11.3 Å². The Balaban J connectivity index is 4.58. The molecule has 0 rings (SSSR count). The van der Waals surface area contributed by atoms with E-state index in [0.29, 0.717) is 4.75 Å². The Morgan fingerprint density at radius 2 is 1.38 bits per heavy atom. The van der Waals surface area contributed by atoms with Gasteiger partial charge in [-0.25, -0.2) is 0 Å². The molecule has 0 aliphatic carbocycles. The Kier molecular flexibility index (Phi) is 4.93. The molecule has 0 bridgehead atoms. The summed E-state index contributed by atoms with van der Waals surface area (Å²) in [6.07, 6.45) is 0. The van der Waals surface area contributed by atoms with Crippen molar-refractivity contribution in [3.63, 3.8) is 0 Å². The maximum absolute atomic E-state index is 5.93. The summed E-state index contributed by atoms with van der Waals surface area (Å²) in [7, 11) is 3.35. The third-order valence-electron chi connectivity index (χ3n) is 1.72. The van der Waals surface area contributed by atoms with Gasteiger partial charge in [0.2, 0.25) is 0 Å². The van der Waals surface area contributed by atoms with Crippen LogP contribution in [0.2, 0.25) is 4.75 Å². The second-order valence-corrected chi connectivity index (χ2v) is 11.5. The first-order valence-corrected chi connectivity index (χ1v) is 8.36. The molecule has 4 heteroatoms.